The van der Waals surface area contributed by atoms with E-state index >= 15 is 0 Å². The summed E-state index contributed by atoms with van der Waals surface area (Å²) in [5.74, 6) is 4.58. The second-order valence-electron chi connectivity index (χ2n) is 3.52. The number of nitrogen functional groups attached to an aromatic ring is 1. The van der Waals surface area contributed by atoms with Crippen molar-refractivity contribution in [3.63, 3.8) is 0 Å². The molecule has 92 valence electrons. The van der Waals surface area contributed by atoms with Crippen LogP contribution in [-0.4, -0.2) is 16.1 Å². The van der Waals surface area contributed by atoms with Crippen LogP contribution in [0.3, 0.4) is 0 Å². The number of carbonyl (C=O) groups is 1. The highest BCUT2D eigenvalue weighted by Crippen LogP contribution is 2.30. The Morgan fingerprint density at radius 3 is 2.83 bits per heavy atom. The van der Waals surface area contributed by atoms with Gasteiger partial charge in [-0.1, -0.05) is 12.1 Å². The molecule has 18 heavy (non-hydrogen) atoms. The average molecular weight is 265 g/mol. The number of halogens is 1. The molecule has 0 radical (unpaired) electrons. The Hall–Kier alpha value is -2.18. The van der Waals surface area contributed by atoms with Gasteiger partial charge in [-0.3, -0.25) is 10.2 Å². The average Bonchev–Trinajstić information content (AvgIpc) is 2.82. The Bertz CT molecular complexity index is 682. The van der Waals surface area contributed by atoms with E-state index < -0.39 is 5.91 Å². The zero-order chi connectivity index (χ0) is 11.8. The van der Waals surface area contributed by atoms with Crippen LogP contribution in [0.15, 0.2) is 34.9 Å². The van der Waals surface area contributed by atoms with Crippen LogP contribution in [0.1, 0.15) is 10.5 Å². The molecule has 3 N–H and O–H groups in total. The van der Waals surface area contributed by atoms with Crippen molar-refractivity contribution in [1.29, 1.82) is 0 Å². The maximum absolute atomic E-state index is 11.4. The predicted molar refractivity (Wildman–Crippen MR) is 67.3 cm³/mol. The smallest absolute Gasteiger partial charge is 0.286 e. The molecule has 0 aromatic heterocycles. The molecule has 0 spiro atoms. The molecule has 0 unspecified atom stereocenters. The third-order valence-corrected chi connectivity index (χ3v) is 2.55. The Balaban J connectivity index is 0.00000120. The van der Waals surface area contributed by atoms with E-state index in [2.05, 4.69) is 10.2 Å². The van der Waals surface area contributed by atoms with Gasteiger partial charge in [0, 0.05) is 5.39 Å². The molecular weight excluding hydrogens is 256 g/mol. The van der Waals surface area contributed by atoms with Crippen LogP contribution < -0.4 is 11.3 Å². The Morgan fingerprint density at radius 2 is 2.06 bits per heavy atom. The maximum atomic E-state index is 11.4. The summed E-state index contributed by atoms with van der Waals surface area (Å²) < 4.78 is 5.42. The van der Waals surface area contributed by atoms with Crippen LogP contribution in [0, 0.1) is 0 Å². The molecule has 2 aliphatic rings. The topological polar surface area (TPSA) is 94.0 Å². The van der Waals surface area contributed by atoms with Gasteiger partial charge in [-0.25, -0.2) is 5.84 Å². The number of hydrogen-bond donors (Lipinski definition) is 2. The second kappa shape index (κ2) is 4.59. The SMILES string of the molecule is Cl.NNC(=O)c1nnc2c3ccccc3occ1-2. The zero-order valence-corrected chi connectivity index (χ0v) is 9.90. The number of amides is 1. The lowest BCUT2D eigenvalue weighted by molar-refractivity contribution is 0.0949. The van der Waals surface area contributed by atoms with Gasteiger partial charge in [-0.15, -0.1) is 22.6 Å². The summed E-state index contributed by atoms with van der Waals surface area (Å²) in [5.41, 5.74) is 4.06. The number of fused-ring (bicyclic) bond motifs is 3. The molecule has 3 rings (SSSR count). The number of nitrogens with two attached hydrogens (primary N) is 1. The number of hydrogen-bond acceptors (Lipinski definition) is 5. The van der Waals surface area contributed by atoms with Crippen molar-refractivity contribution in [2.45, 2.75) is 0 Å². The van der Waals surface area contributed by atoms with E-state index in [4.69, 9.17) is 10.3 Å². The highest BCUT2D eigenvalue weighted by molar-refractivity contribution is 6.03. The molecule has 0 atom stereocenters. The van der Waals surface area contributed by atoms with Gasteiger partial charge in [0.1, 0.15) is 17.5 Å². The molecule has 0 saturated heterocycles. The largest absolute Gasteiger partial charge is 0.463 e. The van der Waals surface area contributed by atoms with Crippen molar-refractivity contribution in [2.24, 2.45) is 5.84 Å². The lowest BCUT2D eigenvalue weighted by atomic mass is 10.1. The maximum Gasteiger partial charge on any atom is 0.286 e. The van der Waals surface area contributed by atoms with Gasteiger partial charge in [-0.05, 0) is 12.1 Å². The first-order valence-electron chi connectivity index (χ1n) is 4.95. The van der Waals surface area contributed by atoms with Crippen molar-refractivity contribution >= 4 is 29.3 Å². The van der Waals surface area contributed by atoms with Gasteiger partial charge >= 0.3 is 0 Å². The molecule has 0 aliphatic carbocycles. The quantitative estimate of drug-likeness (QED) is 0.393. The Morgan fingerprint density at radius 1 is 1.28 bits per heavy atom. The van der Waals surface area contributed by atoms with Crippen LogP contribution in [0.25, 0.3) is 22.2 Å². The summed E-state index contributed by atoms with van der Waals surface area (Å²) in [6.07, 6.45) is 1.46. The van der Waals surface area contributed by atoms with Crippen molar-refractivity contribution in [2.75, 3.05) is 0 Å². The molecule has 7 heteroatoms. The monoisotopic (exact) mass is 264 g/mol. The first-order chi connectivity index (χ1) is 8.31. The lowest BCUT2D eigenvalue weighted by Gasteiger charge is -2.02. The minimum Gasteiger partial charge on any atom is -0.463 e. The molecule has 2 heterocycles. The first kappa shape index (κ1) is 12.3. The molecule has 2 aliphatic heterocycles. The third-order valence-electron chi connectivity index (χ3n) is 2.55. The van der Waals surface area contributed by atoms with Crippen LogP contribution in [0.4, 0.5) is 0 Å². The second-order valence-corrected chi connectivity index (χ2v) is 3.52. The fourth-order valence-electron chi connectivity index (χ4n) is 1.75. The van der Waals surface area contributed by atoms with Gasteiger partial charge in [0.05, 0.1) is 5.56 Å². The summed E-state index contributed by atoms with van der Waals surface area (Å²) in [6, 6.07) is 7.42. The van der Waals surface area contributed by atoms with Crippen LogP contribution in [0.5, 0.6) is 0 Å². The number of nitrogens with zero attached hydrogens (tertiary/aromatic N) is 2. The molecule has 0 fully saturated rings. The van der Waals surface area contributed by atoms with E-state index in [0.717, 1.165) is 5.39 Å². The lowest BCUT2D eigenvalue weighted by Crippen LogP contribution is -2.30. The standard InChI is InChI=1S/C11H8N4O2.ClH/c12-13-11(16)10-7-5-17-8-4-2-1-3-6(8)9(7)14-15-10;/h1-5H,12H2,(H,13,16);1H. The number of aromatic nitrogens is 2. The van der Waals surface area contributed by atoms with Crippen molar-refractivity contribution in [1.82, 2.24) is 15.6 Å². The number of para-hydroxylation sites is 1. The van der Waals surface area contributed by atoms with Crippen LogP contribution in [-0.2, 0) is 0 Å². The number of benzene rings is 1. The summed E-state index contributed by atoms with van der Waals surface area (Å²) in [7, 11) is 0. The normalized spacial score (nSPS) is 10.3. The van der Waals surface area contributed by atoms with E-state index in [1.54, 1.807) is 0 Å². The predicted octanol–water partition coefficient (Wildman–Crippen LogP) is 1.35. The first-order valence-corrected chi connectivity index (χ1v) is 4.95. The fourth-order valence-corrected chi connectivity index (χ4v) is 1.75. The minimum absolute atomic E-state index is 0. The highest BCUT2D eigenvalue weighted by atomic mass is 35.5. The molecule has 1 amide bonds. The zero-order valence-electron chi connectivity index (χ0n) is 9.08. The van der Waals surface area contributed by atoms with Crippen molar-refractivity contribution in [3.8, 4) is 11.3 Å². The molecule has 0 bridgehead atoms. The summed E-state index contributed by atoms with van der Waals surface area (Å²) in [6.45, 7) is 0. The number of rotatable bonds is 1. The molecule has 0 saturated carbocycles. The van der Waals surface area contributed by atoms with E-state index in [0.29, 0.717) is 16.8 Å². The van der Waals surface area contributed by atoms with Crippen LogP contribution in [0.2, 0.25) is 0 Å². The van der Waals surface area contributed by atoms with E-state index in [1.165, 1.54) is 6.26 Å². The van der Waals surface area contributed by atoms with Crippen molar-refractivity contribution in [3.05, 3.63) is 36.2 Å². The molecule has 1 aromatic carbocycles. The summed E-state index contributed by atoms with van der Waals surface area (Å²) in [5, 5.41) is 8.62. The van der Waals surface area contributed by atoms with Gasteiger partial charge in [0.25, 0.3) is 5.91 Å². The van der Waals surface area contributed by atoms with E-state index in [1.807, 2.05) is 29.7 Å². The fraction of sp³-hybridized carbons (Fsp3) is 0. The minimum atomic E-state index is -0.488. The summed E-state index contributed by atoms with van der Waals surface area (Å²) in [4.78, 5) is 11.4. The van der Waals surface area contributed by atoms with E-state index in [-0.39, 0.29) is 18.1 Å². The van der Waals surface area contributed by atoms with Gasteiger partial charge < -0.3 is 4.42 Å². The highest BCUT2D eigenvalue weighted by Gasteiger charge is 2.22. The number of nitrogens with one attached hydrogen (secondary N) is 1. The van der Waals surface area contributed by atoms with Crippen molar-refractivity contribution < 1.29 is 9.21 Å². The van der Waals surface area contributed by atoms with E-state index in [9.17, 15) is 4.79 Å². The van der Waals surface area contributed by atoms with Gasteiger partial charge in [0.15, 0.2) is 5.69 Å². The molecular formula is C11H9ClN4O2. The molecule has 6 nitrogen and oxygen atoms in total. The Kier molecular flexibility index (Phi) is 3.14. The Labute approximate surface area is 108 Å². The summed E-state index contributed by atoms with van der Waals surface area (Å²) >= 11 is 0. The van der Waals surface area contributed by atoms with Gasteiger partial charge in [0.2, 0.25) is 0 Å². The number of hydrazine groups is 1. The van der Waals surface area contributed by atoms with Crippen LogP contribution >= 0.6 is 12.4 Å². The number of carbonyl (C=O) groups excluding carboxylic acids is 1. The third kappa shape index (κ3) is 1.68. The molecule has 1 aromatic rings. The van der Waals surface area contributed by atoms with Gasteiger partial charge in [-0.2, -0.15) is 0 Å².